The SMILES string of the molecule is CC(C)N(Cc1ccc(C=C2C(=O)C3(C)CCC2C3(C)C)cc1)C(C)C.Cl. The fourth-order valence-corrected chi connectivity index (χ4v) is 5.17. The number of ketones is 1. The third kappa shape index (κ3) is 3.63. The number of hydrogen-bond donors (Lipinski definition) is 0. The maximum atomic E-state index is 13.0. The lowest BCUT2D eigenvalue weighted by Gasteiger charge is -2.31. The Labute approximate surface area is 171 Å². The second kappa shape index (κ2) is 7.72. The quantitative estimate of drug-likeness (QED) is 0.564. The summed E-state index contributed by atoms with van der Waals surface area (Å²) in [7, 11) is 0. The van der Waals surface area contributed by atoms with Gasteiger partial charge in [-0.25, -0.2) is 0 Å². The van der Waals surface area contributed by atoms with Gasteiger partial charge in [-0.3, -0.25) is 9.69 Å². The molecule has 0 heterocycles. The van der Waals surface area contributed by atoms with Gasteiger partial charge in [-0.05, 0) is 74.6 Å². The highest BCUT2D eigenvalue weighted by Crippen LogP contribution is 2.65. The number of allylic oxidation sites excluding steroid dienone is 1. The van der Waals surface area contributed by atoms with Crippen LogP contribution in [0.4, 0.5) is 0 Å². The van der Waals surface area contributed by atoms with Gasteiger partial charge in [0.05, 0.1) is 0 Å². The molecule has 150 valence electrons. The van der Waals surface area contributed by atoms with E-state index in [1.165, 1.54) is 5.56 Å². The predicted molar refractivity (Wildman–Crippen MR) is 117 cm³/mol. The van der Waals surface area contributed by atoms with Crippen LogP contribution in [-0.4, -0.2) is 22.8 Å². The molecule has 2 bridgehead atoms. The predicted octanol–water partition coefficient (Wildman–Crippen LogP) is 6.14. The van der Waals surface area contributed by atoms with Crippen LogP contribution in [0, 0.1) is 16.7 Å². The smallest absolute Gasteiger partial charge is 0.165 e. The van der Waals surface area contributed by atoms with Crippen molar-refractivity contribution in [2.24, 2.45) is 16.7 Å². The molecule has 2 nitrogen and oxygen atoms in total. The molecule has 2 aliphatic carbocycles. The molecule has 2 aliphatic rings. The Bertz CT molecular complexity index is 708. The Morgan fingerprint density at radius 2 is 1.63 bits per heavy atom. The van der Waals surface area contributed by atoms with E-state index in [9.17, 15) is 4.79 Å². The third-order valence-electron chi connectivity index (χ3n) is 7.36. The number of Topliss-reactive ketones (excluding diaryl/α,β-unsaturated/α-hetero) is 1. The lowest BCUT2D eigenvalue weighted by atomic mass is 9.70. The van der Waals surface area contributed by atoms with Crippen LogP contribution in [0.1, 0.15) is 72.4 Å². The van der Waals surface area contributed by atoms with Gasteiger partial charge in [-0.2, -0.15) is 0 Å². The van der Waals surface area contributed by atoms with Gasteiger partial charge in [-0.15, -0.1) is 12.4 Å². The van der Waals surface area contributed by atoms with Crippen LogP contribution in [0.3, 0.4) is 0 Å². The summed E-state index contributed by atoms with van der Waals surface area (Å²) in [6.45, 7) is 16.7. The molecule has 1 aromatic carbocycles. The number of fused-ring (bicyclic) bond motifs is 2. The topological polar surface area (TPSA) is 20.3 Å². The summed E-state index contributed by atoms with van der Waals surface area (Å²) in [5.41, 5.74) is 3.47. The number of hydrogen-bond acceptors (Lipinski definition) is 2. The average Bonchev–Trinajstić information content (AvgIpc) is 2.87. The van der Waals surface area contributed by atoms with Gasteiger partial charge in [0.2, 0.25) is 0 Å². The van der Waals surface area contributed by atoms with Crippen molar-refractivity contribution in [3.05, 3.63) is 41.0 Å². The molecule has 0 saturated heterocycles. The maximum Gasteiger partial charge on any atom is 0.165 e. The molecular formula is C24H36ClNO. The van der Waals surface area contributed by atoms with E-state index in [4.69, 9.17) is 0 Å². The van der Waals surface area contributed by atoms with E-state index < -0.39 is 0 Å². The number of rotatable bonds is 5. The summed E-state index contributed by atoms with van der Waals surface area (Å²) in [5, 5.41) is 0. The molecule has 2 fully saturated rings. The molecule has 2 saturated carbocycles. The first kappa shape index (κ1) is 22.2. The normalized spacial score (nSPS) is 27.9. The number of carbonyl (C=O) groups excluding carboxylic acids is 1. The van der Waals surface area contributed by atoms with E-state index in [0.717, 1.165) is 30.5 Å². The fourth-order valence-electron chi connectivity index (χ4n) is 5.17. The Kier molecular flexibility index (Phi) is 6.34. The van der Waals surface area contributed by atoms with E-state index in [2.05, 4.69) is 83.7 Å². The van der Waals surface area contributed by atoms with Crippen molar-refractivity contribution in [1.29, 1.82) is 0 Å². The Hall–Kier alpha value is -1.12. The zero-order valence-electron chi connectivity index (χ0n) is 18.0. The van der Waals surface area contributed by atoms with E-state index in [1.807, 2.05) is 0 Å². The summed E-state index contributed by atoms with van der Waals surface area (Å²) >= 11 is 0. The van der Waals surface area contributed by atoms with E-state index in [1.54, 1.807) is 0 Å². The van der Waals surface area contributed by atoms with Crippen LogP contribution >= 0.6 is 12.4 Å². The van der Waals surface area contributed by atoms with Gasteiger partial charge in [-0.1, -0.05) is 45.0 Å². The van der Waals surface area contributed by atoms with Gasteiger partial charge in [0.25, 0.3) is 0 Å². The molecule has 27 heavy (non-hydrogen) atoms. The molecule has 2 atom stereocenters. The molecule has 0 aliphatic heterocycles. The third-order valence-corrected chi connectivity index (χ3v) is 7.36. The largest absolute Gasteiger partial charge is 0.294 e. The van der Waals surface area contributed by atoms with E-state index >= 15 is 0 Å². The van der Waals surface area contributed by atoms with Crippen LogP contribution in [0.5, 0.6) is 0 Å². The van der Waals surface area contributed by atoms with Crippen molar-refractivity contribution < 1.29 is 4.79 Å². The van der Waals surface area contributed by atoms with Crippen LogP contribution < -0.4 is 0 Å². The molecular weight excluding hydrogens is 354 g/mol. The number of carbonyl (C=O) groups is 1. The summed E-state index contributed by atoms with van der Waals surface area (Å²) in [5.74, 6) is 0.797. The molecule has 3 rings (SSSR count). The second-order valence-corrected chi connectivity index (χ2v) is 9.68. The van der Waals surface area contributed by atoms with Crippen molar-refractivity contribution in [2.75, 3.05) is 0 Å². The minimum Gasteiger partial charge on any atom is -0.294 e. The molecule has 0 amide bonds. The van der Waals surface area contributed by atoms with E-state index in [-0.39, 0.29) is 23.2 Å². The van der Waals surface area contributed by atoms with Crippen molar-refractivity contribution in [3.63, 3.8) is 0 Å². The molecule has 2 unspecified atom stereocenters. The molecule has 3 heteroatoms. The van der Waals surface area contributed by atoms with Gasteiger partial charge in [0.15, 0.2) is 5.78 Å². The summed E-state index contributed by atoms with van der Waals surface area (Å²) < 4.78 is 0. The lowest BCUT2D eigenvalue weighted by molar-refractivity contribution is -0.125. The first-order valence-corrected chi connectivity index (χ1v) is 10.2. The first-order chi connectivity index (χ1) is 12.1. The lowest BCUT2D eigenvalue weighted by Crippen LogP contribution is -2.36. The van der Waals surface area contributed by atoms with Crippen molar-refractivity contribution in [2.45, 2.75) is 79.9 Å². The van der Waals surface area contributed by atoms with Crippen molar-refractivity contribution in [3.8, 4) is 0 Å². The van der Waals surface area contributed by atoms with Gasteiger partial charge in [0.1, 0.15) is 0 Å². The molecule has 0 N–H and O–H groups in total. The second-order valence-electron chi connectivity index (χ2n) is 9.68. The number of halogens is 1. The van der Waals surface area contributed by atoms with Gasteiger partial charge in [0, 0.05) is 24.0 Å². The highest BCUT2D eigenvalue weighted by molar-refractivity contribution is 6.07. The standard InChI is InChI=1S/C24H35NO.ClH/c1-16(2)25(17(3)4)15-19-10-8-18(9-11-19)14-20-21-12-13-24(7,22(20)26)23(21,5)6;/h8-11,14,16-17,21H,12-13,15H2,1-7H3;1H. The highest BCUT2D eigenvalue weighted by Gasteiger charge is 2.63. The van der Waals surface area contributed by atoms with Crippen LogP contribution in [-0.2, 0) is 11.3 Å². The fraction of sp³-hybridized carbons (Fsp3) is 0.625. The Morgan fingerprint density at radius 1 is 1.07 bits per heavy atom. The average molecular weight is 390 g/mol. The minimum absolute atomic E-state index is 0. The minimum atomic E-state index is -0.168. The van der Waals surface area contributed by atoms with E-state index in [0.29, 0.717) is 23.8 Å². The van der Waals surface area contributed by atoms with Crippen molar-refractivity contribution >= 4 is 24.3 Å². The number of nitrogens with zero attached hydrogens (tertiary/aromatic N) is 1. The van der Waals surface area contributed by atoms with Crippen LogP contribution in [0.15, 0.2) is 29.8 Å². The van der Waals surface area contributed by atoms with Crippen LogP contribution in [0.25, 0.3) is 6.08 Å². The summed E-state index contributed by atoms with van der Waals surface area (Å²) in [4.78, 5) is 15.5. The molecule has 0 spiro atoms. The highest BCUT2D eigenvalue weighted by atomic mass is 35.5. The molecule has 0 radical (unpaired) electrons. The first-order valence-electron chi connectivity index (χ1n) is 10.2. The zero-order valence-corrected chi connectivity index (χ0v) is 18.8. The molecule has 1 aromatic rings. The molecule has 0 aromatic heterocycles. The van der Waals surface area contributed by atoms with Gasteiger partial charge >= 0.3 is 0 Å². The van der Waals surface area contributed by atoms with Crippen LogP contribution in [0.2, 0.25) is 0 Å². The summed E-state index contributed by atoms with van der Waals surface area (Å²) in [6.07, 6.45) is 4.35. The van der Waals surface area contributed by atoms with Gasteiger partial charge < -0.3 is 0 Å². The Morgan fingerprint density at radius 3 is 2.07 bits per heavy atom. The summed E-state index contributed by atoms with van der Waals surface area (Å²) in [6, 6.07) is 9.85. The zero-order chi connectivity index (χ0) is 19.3. The number of benzene rings is 1. The Balaban J connectivity index is 0.00000261. The van der Waals surface area contributed by atoms with Crippen molar-refractivity contribution in [1.82, 2.24) is 4.90 Å². The maximum absolute atomic E-state index is 13.0. The monoisotopic (exact) mass is 389 g/mol.